The van der Waals surface area contributed by atoms with Crippen LogP contribution in [0.5, 0.6) is 0 Å². The molecule has 0 heterocycles. The van der Waals surface area contributed by atoms with Crippen LogP contribution < -0.4 is 0 Å². The summed E-state index contributed by atoms with van der Waals surface area (Å²) < 4.78 is 13.4. The van der Waals surface area contributed by atoms with Crippen molar-refractivity contribution < 1.29 is 9.18 Å². The zero-order chi connectivity index (χ0) is 14.8. The van der Waals surface area contributed by atoms with E-state index in [-0.39, 0.29) is 18.0 Å². The largest absolute Gasteiger partial charge is 0.294 e. The maximum atomic E-state index is 13.4. The lowest BCUT2D eigenvalue weighted by Gasteiger charge is -2.07. The van der Waals surface area contributed by atoms with Gasteiger partial charge < -0.3 is 0 Å². The maximum Gasteiger partial charge on any atom is 0.167 e. The van der Waals surface area contributed by atoms with Gasteiger partial charge in [0.15, 0.2) is 5.78 Å². The van der Waals surface area contributed by atoms with Crippen molar-refractivity contribution in [3.8, 4) is 0 Å². The van der Waals surface area contributed by atoms with Gasteiger partial charge in [0.05, 0.1) is 0 Å². The van der Waals surface area contributed by atoms with Crippen LogP contribution in [0.4, 0.5) is 4.39 Å². The van der Waals surface area contributed by atoms with Crippen LogP contribution in [-0.4, -0.2) is 5.78 Å². The van der Waals surface area contributed by atoms with E-state index in [4.69, 9.17) is 0 Å². The van der Waals surface area contributed by atoms with Crippen LogP contribution in [0.2, 0.25) is 0 Å². The molecular formula is C19H15FO. The van der Waals surface area contributed by atoms with Crippen LogP contribution in [0.15, 0.2) is 60.7 Å². The van der Waals surface area contributed by atoms with Gasteiger partial charge in [-0.2, -0.15) is 0 Å². The van der Waals surface area contributed by atoms with Crippen LogP contribution in [0.1, 0.15) is 21.5 Å². The predicted octanol–water partition coefficient (Wildman–Crippen LogP) is 4.71. The van der Waals surface area contributed by atoms with Gasteiger partial charge >= 0.3 is 0 Å². The molecule has 0 aliphatic carbocycles. The third-order valence-electron chi connectivity index (χ3n) is 3.60. The van der Waals surface area contributed by atoms with E-state index in [0.717, 1.165) is 21.9 Å². The molecular weight excluding hydrogens is 263 g/mol. The normalized spacial score (nSPS) is 10.8. The van der Waals surface area contributed by atoms with Gasteiger partial charge in [-0.05, 0) is 47.0 Å². The van der Waals surface area contributed by atoms with Gasteiger partial charge in [0.1, 0.15) is 5.82 Å². The number of hydrogen-bond donors (Lipinski definition) is 0. The number of rotatable bonds is 3. The molecule has 0 unspecified atom stereocenters. The summed E-state index contributed by atoms with van der Waals surface area (Å²) in [6.45, 7) is 1.79. The molecule has 3 aromatic rings. The second kappa shape index (κ2) is 5.49. The molecule has 0 aliphatic rings. The highest BCUT2D eigenvalue weighted by molar-refractivity contribution is 6.00. The number of fused-ring (bicyclic) bond motifs is 1. The third-order valence-corrected chi connectivity index (χ3v) is 3.60. The number of benzene rings is 3. The minimum atomic E-state index is -0.365. The van der Waals surface area contributed by atoms with Crippen molar-refractivity contribution in [1.29, 1.82) is 0 Å². The molecule has 3 aromatic carbocycles. The Balaban J connectivity index is 1.96. The Bertz CT molecular complexity index is 795. The number of ketones is 1. The lowest BCUT2D eigenvalue weighted by molar-refractivity contribution is 0.0993. The second-order valence-corrected chi connectivity index (χ2v) is 5.26. The van der Waals surface area contributed by atoms with Crippen molar-refractivity contribution in [3.63, 3.8) is 0 Å². The second-order valence-electron chi connectivity index (χ2n) is 5.26. The monoisotopic (exact) mass is 278 g/mol. The molecule has 104 valence electrons. The molecule has 0 fully saturated rings. The van der Waals surface area contributed by atoms with E-state index in [2.05, 4.69) is 0 Å². The number of Topliss-reactive ketones (excluding diaryl/α,β-unsaturated/α-hetero) is 1. The molecule has 0 bridgehead atoms. The van der Waals surface area contributed by atoms with Crippen molar-refractivity contribution in [3.05, 3.63) is 83.2 Å². The fourth-order valence-electron chi connectivity index (χ4n) is 2.62. The zero-order valence-electron chi connectivity index (χ0n) is 11.8. The van der Waals surface area contributed by atoms with E-state index in [1.54, 1.807) is 13.0 Å². The van der Waals surface area contributed by atoms with Crippen LogP contribution in [0.3, 0.4) is 0 Å². The Hall–Kier alpha value is -2.48. The maximum absolute atomic E-state index is 13.4. The van der Waals surface area contributed by atoms with E-state index in [0.29, 0.717) is 5.56 Å². The van der Waals surface area contributed by atoms with E-state index in [9.17, 15) is 9.18 Å². The Labute approximate surface area is 123 Å². The molecule has 0 saturated carbocycles. The molecule has 1 nitrogen and oxygen atoms in total. The molecule has 0 atom stereocenters. The minimum absolute atomic E-state index is 0.0612. The van der Waals surface area contributed by atoms with Crippen LogP contribution >= 0.6 is 0 Å². The Morgan fingerprint density at radius 3 is 2.57 bits per heavy atom. The molecule has 0 radical (unpaired) electrons. The molecule has 0 aromatic heterocycles. The highest BCUT2D eigenvalue weighted by Gasteiger charge is 2.11. The van der Waals surface area contributed by atoms with Gasteiger partial charge in [-0.1, -0.05) is 42.5 Å². The van der Waals surface area contributed by atoms with Crippen molar-refractivity contribution >= 4 is 16.6 Å². The molecule has 0 spiro atoms. The summed E-state index contributed by atoms with van der Waals surface area (Å²) in [5.74, 6) is -0.426. The fourth-order valence-corrected chi connectivity index (χ4v) is 2.62. The average Bonchev–Trinajstić information content (AvgIpc) is 2.46. The summed E-state index contributed by atoms with van der Waals surface area (Å²) in [5.41, 5.74) is 2.16. The Morgan fingerprint density at radius 1 is 1.00 bits per heavy atom. The Kier molecular flexibility index (Phi) is 3.53. The first-order valence-electron chi connectivity index (χ1n) is 6.90. The zero-order valence-corrected chi connectivity index (χ0v) is 11.8. The van der Waals surface area contributed by atoms with E-state index in [1.165, 1.54) is 12.1 Å². The highest BCUT2D eigenvalue weighted by Crippen LogP contribution is 2.20. The summed E-state index contributed by atoms with van der Waals surface area (Å²) >= 11 is 0. The van der Waals surface area contributed by atoms with E-state index in [1.807, 2.05) is 42.5 Å². The number of hydrogen-bond acceptors (Lipinski definition) is 1. The van der Waals surface area contributed by atoms with Crippen molar-refractivity contribution in [1.82, 2.24) is 0 Å². The first-order chi connectivity index (χ1) is 10.1. The third kappa shape index (κ3) is 2.84. The summed E-state index contributed by atoms with van der Waals surface area (Å²) in [4.78, 5) is 12.4. The van der Waals surface area contributed by atoms with Crippen molar-refractivity contribution in [2.45, 2.75) is 13.3 Å². The average molecular weight is 278 g/mol. The first-order valence-corrected chi connectivity index (χ1v) is 6.90. The molecule has 2 heteroatoms. The van der Waals surface area contributed by atoms with Gasteiger partial charge in [-0.3, -0.25) is 4.79 Å². The van der Waals surface area contributed by atoms with Gasteiger partial charge in [-0.15, -0.1) is 0 Å². The Morgan fingerprint density at radius 2 is 1.76 bits per heavy atom. The first kappa shape index (κ1) is 13.5. The standard InChI is InChI=1S/C19H15FO/c1-13-9-16(11-17(20)10-13)19(21)12-15-7-4-6-14-5-2-3-8-18(14)15/h2-11H,12H2,1H3. The SMILES string of the molecule is Cc1cc(F)cc(C(=O)Cc2cccc3ccccc23)c1. The lowest BCUT2D eigenvalue weighted by Crippen LogP contribution is -2.05. The number of carbonyl (C=O) groups excluding carboxylic acids is 1. The molecule has 21 heavy (non-hydrogen) atoms. The summed E-state index contributed by atoms with van der Waals surface area (Å²) in [6.07, 6.45) is 0.282. The number of halogens is 1. The molecule has 0 amide bonds. The van der Waals surface area contributed by atoms with Gasteiger partial charge in [-0.25, -0.2) is 4.39 Å². The molecule has 0 N–H and O–H groups in total. The predicted molar refractivity (Wildman–Crippen MR) is 83.1 cm³/mol. The summed E-state index contributed by atoms with van der Waals surface area (Å²) in [7, 11) is 0. The lowest BCUT2D eigenvalue weighted by atomic mass is 9.97. The molecule has 0 saturated heterocycles. The van der Waals surface area contributed by atoms with Crippen LogP contribution in [0.25, 0.3) is 10.8 Å². The van der Waals surface area contributed by atoms with Gasteiger partial charge in [0.2, 0.25) is 0 Å². The van der Waals surface area contributed by atoms with Crippen molar-refractivity contribution in [2.24, 2.45) is 0 Å². The quantitative estimate of drug-likeness (QED) is 0.634. The van der Waals surface area contributed by atoms with Gasteiger partial charge in [0, 0.05) is 12.0 Å². The van der Waals surface area contributed by atoms with E-state index < -0.39 is 0 Å². The highest BCUT2D eigenvalue weighted by atomic mass is 19.1. The van der Waals surface area contributed by atoms with Crippen molar-refractivity contribution in [2.75, 3.05) is 0 Å². The number of carbonyl (C=O) groups is 1. The topological polar surface area (TPSA) is 17.1 Å². The minimum Gasteiger partial charge on any atom is -0.294 e. The summed E-state index contributed by atoms with van der Waals surface area (Å²) in [6, 6.07) is 18.4. The van der Waals surface area contributed by atoms with Crippen LogP contribution in [-0.2, 0) is 6.42 Å². The smallest absolute Gasteiger partial charge is 0.167 e. The number of aryl methyl sites for hydroxylation is 1. The van der Waals surface area contributed by atoms with Crippen LogP contribution in [0, 0.1) is 12.7 Å². The fraction of sp³-hybridized carbons (Fsp3) is 0.105. The molecule has 3 rings (SSSR count). The molecule has 0 aliphatic heterocycles. The summed E-state index contributed by atoms with van der Waals surface area (Å²) in [5, 5.41) is 2.18. The van der Waals surface area contributed by atoms with E-state index >= 15 is 0 Å². The van der Waals surface area contributed by atoms with Gasteiger partial charge in [0.25, 0.3) is 0 Å².